The average Bonchev–Trinajstić information content (AvgIpc) is 2.65. The van der Waals surface area contributed by atoms with Gasteiger partial charge >= 0.3 is 5.97 Å². The summed E-state index contributed by atoms with van der Waals surface area (Å²) < 4.78 is 24.2. The molecule has 0 atom stereocenters. The number of hydrazone groups is 1. The second kappa shape index (κ2) is 8.61. The van der Waals surface area contributed by atoms with Gasteiger partial charge in [-0.2, -0.15) is 10.1 Å². The molecule has 1 aromatic carbocycles. The summed E-state index contributed by atoms with van der Waals surface area (Å²) in [5.74, 6) is -0.636. The van der Waals surface area contributed by atoms with Crippen molar-refractivity contribution in [3.05, 3.63) is 65.4 Å². The molecule has 2 rings (SSSR count). The summed E-state index contributed by atoms with van der Waals surface area (Å²) in [4.78, 5) is 15.2. The number of allylic oxidation sites excluding steroid dienone is 1. The Hall–Kier alpha value is -3.42. The largest absolute Gasteiger partial charge is 0.496 e. The number of aromatic nitrogens is 1. The second-order valence-electron chi connectivity index (χ2n) is 5.03. The van der Waals surface area contributed by atoms with E-state index in [9.17, 15) is 9.18 Å². The lowest BCUT2D eigenvalue weighted by molar-refractivity contribution is 0.0696. The molecular weight excluding hydrogens is 341 g/mol. The number of carbonyl (C=O) groups is 1. The van der Waals surface area contributed by atoms with E-state index in [4.69, 9.17) is 14.6 Å². The molecule has 8 heteroatoms. The zero-order chi connectivity index (χ0) is 19.1. The minimum atomic E-state index is -1.09. The third-order valence-electron chi connectivity index (χ3n) is 3.43. The van der Waals surface area contributed by atoms with Crippen LogP contribution in [0.5, 0.6) is 5.75 Å². The maximum absolute atomic E-state index is 13.3. The number of pyridine rings is 1. The van der Waals surface area contributed by atoms with Crippen molar-refractivity contribution < 1.29 is 23.8 Å². The Labute approximate surface area is 150 Å². The molecule has 0 saturated carbocycles. The fourth-order valence-electron chi connectivity index (χ4n) is 2.18. The summed E-state index contributed by atoms with van der Waals surface area (Å²) >= 11 is 0. The number of methoxy groups -OCH3 is 1. The Kier molecular flexibility index (Phi) is 6.26. The molecule has 0 unspecified atom stereocenters. The van der Waals surface area contributed by atoms with Crippen LogP contribution in [0.2, 0.25) is 0 Å². The van der Waals surface area contributed by atoms with Crippen LogP contribution in [0.1, 0.15) is 22.8 Å². The van der Waals surface area contributed by atoms with E-state index in [2.05, 4.69) is 16.8 Å². The molecule has 0 saturated heterocycles. The van der Waals surface area contributed by atoms with E-state index in [1.807, 2.05) is 0 Å². The molecule has 0 spiro atoms. The monoisotopic (exact) mass is 359 g/mol. The molecule has 0 fully saturated rings. The molecule has 0 aliphatic rings. The molecule has 7 nitrogen and oxygen atoms in total. The van der Waals surface area contributed by atoms with Gasteiger partial charge < -0.3 is 14.6 Å². The molecular formula is C18H18FN3O4. The highest BCUT2D eigenvalue weighted by atomic mass is 19.1. The number of benzene rings is 1. The average molecular weight is 359 g/mol. The van der Waals surface area contributed by atoms with Crippen LogP contribution in [0, 0.1) is 5.82 Å². The molecule has 0 bridgehead atoms. The lowest BCUT2D eigenvalue weighted by Crippen LogP contribution is -2.19. The number of rotatable bonds is 8. The third kappa shape index (κ3) is 4.35. The SMILES string of the molecule is C=NN(/C(=C\C)OCc1ccc(F)cc1OC)c1cc(C(=O)O)ccn1. The molecule has 26 heavy (non-hydrogen) atoms. The minimum Gasteiger partial charge on any atom is -0.496 e. The predicted octanol–water partition coefficient (Wildman–Crippen LogP) is 3.43. The van der Waals surface area contributed by atoms with Crippen LogP contribution >= 0.6 is 0 Å². The van der Waals surface area contributed by atoms with Crippen LogP contribution in [0.15, 0.2) is 53.6 Å². The normalized spacial score (nSPS) is 11.0. The van der Waals surface area contributed by atoms with Crippen LogP contribution < -0.4 is 9.75 Å². The molecule has 0 aliphatic heterocycles. The Bertz CT molecular complexity index is 839. The molecule has 0 amide bonds. The first-order valence-corrected chi connectivity index (χ1v) is 7.57. The second-order valence-corrected chi connectivity index (χ2v) is 5.03. The van der Waals surface area contributed by atoms with Crippen molar-refractivity contribution >= 4 is 18.5 Å². The number of carboxylic acids is 1. The van der Waals surface area contributed by atoms with Crippen molar-refractivity contribution in [2.75, 3.05) is 12.1 Å². The summed E-state index contributed by atoms with van der Waals surface area (Å²) in [6.45, 7) is 5.27. The van der Waals surface area contributed by atoms with Gasteiger partial charge in [-0.3, -0.25) is 0 Å². The van der Waals surface area contributed by atoms with Crippen LogP contribution in [0.25, 0.3) is 0 Å². The van der Waals surface area contributed by atoms with E-state index in [0.29, 0.717) is 11.3 Å². The van der Waals surface area contributed by atoms with Crippen molar-refractivity contribution in [3.63, 3.8) is 0 Å². The van der Waals surface area contributed by atoms with Crippen molar-refractivity contribution in [2.45, 2.75) is 13.5 Å². The van der Waals surface area contributed by atoms with Crippen LogP contribution in [-0.4, -0.2) is 29.9 Å². The Morgan fingerprint density at radius 2 is 2.19 bits per heavy atom. The molecule has 2 aromatic rings. The van der Waals surface area contributed by atoms with Gasteiger partial charge in [0.1, 0.15) is 18.2 Å². The molecule has 136 valence electrons. The topological polar surface area (TPSA) is 84.2 Å². The van der Waals surface area contributed by atoms with Gasteiger partial charge in [-0.25, -0.2) is 14.2 Å². The highest BCUT2D eigenvalue weighted by molar-refractivity contribution is 5.88. The van der Waals surface area contributed by atoms with E-state index in [1.165, 1.54) is 42.6 Å². The molecule has 0 aliphatic carbocycles. The van der Waals surface area contributed by atoms with Crippen molar-refractivity contribution in [1.82, 2.24) is 4.98 Å². The van der Waals surface area contributed by atoms with Gasteiger partial charge in [0.2, 0.25) is 5.88 Å². The fourth-order valence-corrected chi connectivity index (χ4v) is 2.18. The fraction of sp³-hybridized carbons (Fsp3) is 0.167. The van der Waals surface area contributed by atoms with Crippen LogP contribution in [0.3, 0.4) is 0 Å². The molecule has 1 aromatic heterocycles. The Morgan fingerprint density at radius 3 is 2.81 bits per heavy atom. The number of aromatic carboxylic acids is 1. The van der Waals surface area contributed by atoms with Crippen LogP contribution in [-0.2, 0) is 11.3 Å². The first-order valence-electron chi connectivity index (χ1n) is 7.57. The summed E-state index contributed by atoms with van der Waals surface area (Å²) in [5.41, 5.74) is 0.684. The number of anilines is 1. The van der Waals surface area contributed by atoms with Gasteiger partial charge in [0.25, 0.3) is 0 Å². The summed E-state index contributed by atoms with van der Waals surface area (Å²) in [5, 5.41) is 14.2. The summed E-state index contributed by atoms with van der Waals surface area (Å²) in [6.07, 6.45) is 2.98. The molecule has 1 N–H and O–H groups in total. The minimum absolute atomic E-state index is 0.0549. The molecule has 0 radical (unpaired) electrons. The first-order chi connectivity index (χ1) is 12.5. The Morgan fingerprint density at radius 1 is 1.42 bits per heavy atom. The van der Waals surface area contributed by atoms with E-state index in [1.54, 1.807) is 19.1 Å². The van der Waals surface area contributed by atoms with E-state index in [0.717, 1.165) is 0 Å². The van der Waals surface area contributed by atoms with Crippen molar-refractivity contribution in [1.29, 1.82) is 0 Å². The Balaban J connectivity index is 2.22. The van der Waals surface area contributed by atoms with Gasteiger partial charge in [0.15, 0.2) is 5.82 Å². The predicted molar refractivity (Wildman–Crippen MR) is 94.7 cm³/mol. The van der Waals surface area contributed by atoms with E-state index in [-0.39, 0.29) is 23.9 Å². The van der Waals surface area contributed by atoms with E-state index >= 15 is 0 Å². The number of halogens is 1. The van der Waals surface area contributed by atoms with Crippen molar-refractivity contribution in [2.24, 2.45) is 5.10 Å². The lowest BCUT2D eigenvalue weighted by atomic mass is 10.2. The lowest BCUT2D eigenvalue weighted by Gasteiger charge is -2.21. The van der Waals surface area contributed by atoms with Crippen molar-refractivity contribution in [3.8, 4) is 5.75 Å². The maximum Gasteiger partial charge on any atom is 0.335 e. The molecule has 1 heterocycles. The zero-order valence-corrected chi connectivity index (χ0v) is 14.3. The third-order valence-corrected chi connectivity index (χ3v) is 3.43. The van der Waals surface area contributed by atoms with Crippen LogP contribution in [0.4, 0.5) is 10.2 Å². The van der Waals surface area contributed by atoms with Gasteiger partial charge in [-0.1, -0.05) is 0 Å². The number of hydrogen-bond donors (Lipinski definition) is 1. The highest BCUT2D eigenvalue weighted by Crippen LogP contribution is 2.24. The number of hydrogen-bond acceptors (Lipinski definition) is 6. The summed E-state index contributed by atoms with van der Waals surface area (Å²) in [7, 11) is 1.44. The zero-order valence-electron chi connectivity index (χ0n) is 14.3. The number of carboxylic acid groups (broad SMARTS) is 1. The smallest absolute Gasteiger partial charge is 0.335 e. The van der Waals surface area contributed by atoms with Gasteiger partial charge in [0.05, 0.1) is 12.7 Å². The number of nitrogens with zero attached hydrogens (tertiary/aromatic N) is 3. The maximum atomic E-state index is 13.3. The highest BCUT2D eigenvalue weighted by Gasteiger charge is 2.16. The first kappa shape index (κ1) is 18.9. The van der Waals surface area contributed by atoms with Gasteiger partial charge in [0, 0.05) is 24.5 Å². The number of ether oxygens (including phenoxy) is 2. The quantitative estimate of drug-likeness (QED) is 0.442. The standard InChI is InChI=1S/C18H18FN3O4/c1-4-17(26-11-13-5-6-14(19)10-15(13)25-3)22(20-2)16-9-12(18(23)24)7-8-21-16/h4-10H,2,11H2,1,3H3,(H,23,24)/b17-4+. The van der Waals surface area contributed by atoms with Gasteiger partial charge in [-0.05, 0) is 37.3 Å². The van der Waals surface area contributed by atoms with Gasteiger partial charge in [-0.15, -0.1) is 0 Å². The summed E-state index contributed by atoms with van der Waals surface area (Å²) in [6, 6.07) is 6.83. The van der Waals surface area contributed by atoms with E-state index < -0.39 is 11.8 Å².